The van der Waals surface area contributed by atoms with Gasteiger partial charge < -0.3 is 0 Å². The Bertz CT molecular complexity index is 114. The van der Waals surface area contributed by atoms with Crippen molar-refractivity contribution in [2.24, 2.45) is 5.84 Å². The predicted molar refractivity (Wildman–Crippen MR) is 22.1 cm³/mol. The highest BCUT2D eigenvalue weighted by Gasteiger charge is 1.93. The van der Waals surface area contributed by atoms with Crippen LogP contribution in [0.4, 0.5) is 0 Å². The van der Waals surface area contributed by atoms with Crippen molar-refractivity contribution in [3.05, 3.63) is 0 Å². The van der Waals surface area contributed by atoms with E-state index in [0.717, 1.165) is 0 Å². The third-order valence-corrected chi connectivity index (χ3v) is 0.690. The molecule has 0 bridgehead atoms. The van der Waals surface area contributed by atoms with Gasteiger partial charge in [0.05, 0.1) is 0 Å². The second-order valence-corrected chi connectivity index (χ2v) is 2.89. The first kappa shape index (κ1) is 6.16. The normalized spacial score (nSPS) is 11.7. The smallest absolute Gasteiger partial charge is 0.257 e. The summed E-state index contributed by atoms with van der Waals surface area (Å²) in [6.45, 7) is 0. The summed E-state index contributed by atoms with van der Waals surface area (Å²) in [5.74, 6) is 4.34. The maximum absolute atomic E-state index is 9.53. The van der Waals surface area contributed by atoms with E-state index in [4.69, 9.17) is 0 Å². The van der Waals surface area contributed by atoms with E-state index < -0.39 is 9.24 Å². The van der Waals surface area contributed by atoms with E-state index in [1.54, 1.807) is 0 Å². The lowest BCUT2D eigenvalue weighted by Gasteiger charge is -1.81. The van der Waals surface area contributed by atoms with Gasteiger partial charge in [0.1, 0.15) is 0 Å². The maximum Gasteiger partial charge on any atom is 0.309 e. The Hall–Kier alpha value is 0.160. The molecule has 0 unspecified atom stereocenters. The van der Waals surface area contributed by atoms with Gasteiger partial charge in [-0.25, -0.2) is 0 Å². The summed E-state index contributed by atoms with van der Waals surface area (Å²) in [6.07, 6.45) is 0. The third-order valence-electron chi connectivity index (χ3n) is 0.141. The number of hydrogen-bond acceptors (Lipinski definition) is 3. The van der Waals surface area contributed by atoms with Crippen molar-refractivity contribution in [2.75, 3.05) is 0 Å². The van der Waals surface area contributed by atoms with Gasteiger partial charge in [0.25, 0.3) is 0 Å². The first-order chi connectivity index (χ1) is 2.56. The molecule has 0 radical (unpaired) electrons. The molecule has 3 N–H and O–H groups in total. The molecular formula is H3ClN2O2S. The van der Waals surface area contributed by atoms with Gasteiger partial charge in [-0.3, -0.25) is 5.84 Å². The van der Waals surface area contributed by atoms with Gasteiger partial charge in [0.2, 0.25) is 0 Å². The average molecular weight is 131 g/mol. The summed E-state index contributed by atoms with van der Waals surface area (Å²) >= 11 is 0. The quantitative estimate of drug-likeness (QED) is 0.270. The minimum absolute atomic E-state index is 1.34. The van der Waals surface area contributed by atoms with Crippen molar-refractivity contribution in [3.8, 4) is 0 Å². The first-order valence-electron chi connectivity index (χ1n) is 0.980. The first-order valence-corrected chi connectivity index (χ1v) is 3.29. The molecule has 6 heavy (non-hydrogen) atoms. The molecule has 0 aromatic carbocycles. The zero-order valence-corrected chi connectivity index (χ0v) is 4.25. The molecule has 38 valence electrons. The van der Waals surface area contributed by atoms with Gasteiger partial charge in [0, 0.05) is 10.7 Å². The van der Waals surface area contributed by atoms with Crippen LogP contribution in [0.25, 0.3) is 0 Å². The molecule has 0 aromatic heterocycles. The van der Waals surface area contributed by atoms with E-state index in [1.165, 1.54) is 4.83 Å². The number of rotatable bonds is 1. The van der Waals surface area contributed by atoms with Crippen LogP contribution in [-0.4, -0.2) is 8.42 Å². The number of hydrazine groups is 1. The Morgan fingerprint density at radius 3 is 1.83 bits per heavy atom. The Morgan fingerprint density at radius 1 is 1.67 bits per heavy atom. The van der Waals surface area contributed by atoms with E-state index in [1.807, 2.05) is 0 Å². The summed E-state index contributed by atoms with van der Waals surface area (Å²) < 4.78 is 19.1. The molecule has 0 aliphatic rings. The predicted octanol–water partition coefficient (Wildman–Crippen LogP) is -1.07. The fraction of sp³-hybridized carbons (Fsp3) is 0. The molecule has 0 rings (SSSR count). The molecule has 0 amide bonds. The minimum atomic E-state index is -3.66. The van der Waals surface area contributed by atoms with E-state index in [9.17, 15) is 8.42 Å². The summed E-state index contributed by atoms with van der Waals surface area (Å²) in [4.78, 5) is 1.34. The number of hydrogen-bond donors (Lipinski definition) is 2. The van der Waals surface area contributed by atoms with E-state index in [-0.39, 0.29) is 0 Å². The monoisotopic (exact) mass is 130 g/mol. The standard InChI is InChI=1S/ClH3N2O2S/c1-6(4,5)3-2/h3H,2H2. The van der Waals surface area contributed by atoms with E-state index >= 15 is 0 Å². The zero-order chi connectivity index (χ0) is 5.21. The summed E-state index contributed by atoms with van der Waals surface area (Å²) in [5, 5.41) is 0. The van der Waals surface area contributed by atoms with Crippen LogP contribution in [0.2, 0.25) is 0 Å². The summed E-state index contributed by atoms with van der Waals surface area (Å²) in [7, 11) is 0.792. The Morgan fingerprint density at radius 2 is 1.83 bits per heavy atom. The van der Waals surface area contributed by atoms with Crippen molar-refractivity contribution in [2.45, 2.75) is 0 Å². The highest BCUT2D eigenvalue weighted by molar-refractivity contribution is 8.12. The molecule has 0 fully saturated rings. The lowest BCUT2D eigenvalue weighted by molar-refractivity contribution is 0.599. The van der Waals surface area contributed by atoms with Crippen molar-refractivity contribution >= 4 is 19.9 Å². The summed E-state index contributed by atoms with van der Waals surface area (Å²) in [5.41, 5.74) is 0. The Kier molecular flexibility index (Phi) is 1.79. The van der Waals surface area contributed by atoms with E-state index in [0.29, 0.717) is 0 Å². The van der Waals surface area contributed by atoms with Crippen LogP contribution in [0, 0.1) is 0 Å². The van der Waals surface area contributed by atoms with Crippen molar-refractivity contribution in [1.82, 2.24) is 4.83 Å². The van der Waals surface area contributed by atoms with Crippen LogP contribution in [-0.2, 0) is 9.24 Å². The van der Waals surface area contributed by atoms with Gasteiger partial charge in [-0.2, -0.15) is 8.42 Å². The lowest BCUT2D eigenvalue weighted by Crippen LogP contribution is -2.25. The van der Waals surface area contributed by atoms with Crippen LogP contribution < -0.4 is 10.7 Å². The van der Waals surface area contributed by atoms with Gasteiger partial charge in [-0.15, -0.1) is 4.83 Å². The molecule has 4 nitrogen and oxygen atoms in total. The van der Waals surface area contributed by atoms with Gasteiger partial charge in [-0.1, -0.05) is 0 Å². The molecule has 0 spiro atoms. The van der Waals surface area contributed by atoms with Crippen LogP contribution in [0.15, 0.2) is 0 Å². The minimum Gasteiger partial charge on any atom is -0.257 e. The van der Waals surface area contributed by atoms with Crippen molar-refractivity contribution in [3.63, 3.8) is 0 Å². The number of nitrogens with one attached hydrogen (secondary N) is 1. The molecule has 0 aliphatic carbocycles. The van der Waals surface area contributed by atoms with Crippen molar-refractivity contribution < 1.29 is 8.42 Å². The molecule has 0 saturated carbocycles. The fourth-order valence-corrected chi connectivity index (χ4v) is 0. The van der Waals surface area contributed by atoms with E-state index in [2.05, 4.69) is 16.5 Å². The molecule has 0 heterocycles. The molecule has 0 saturated heterocycles. The van der Waals surface area contributed by atoms with Crippen LogP contribution in [0.3, 0.4) is 0 Å². The molecule has 0 aliphatic heterocycles. The van der Waals surface area contributed by atoms with Gasteiger partial charge >= 0.3 is 9.24 Å². The number of halogens is 1. The highest BCUT2D eigenvalue weighted by atomic mass is 35.7. The SMILES string of the molecule is NNS(=O)(=O)Cl. The molecule has 6 heteroatoms. The average Bonchev–Trinajstić information content (AvgIpc) is 1.35. The zero-order valence-electron chi connectivity index (χ0n) is 2.68. The fourth-order valence-electron chi connectivity index (χ4n) is 0. The molecular weight excluding hydrogens is 128 g/mol. The van der Waals surface area contributed by atoms with Crippen molar-refractivity contribution in [1.29, 1.82) is 0 Å². The Labute approximate surface area is 39.8 Å². The molecule has 0 aromatic rings. The number of nitrogens with two attached hydrogens (primary N) is 1. The highest BCUT2D eigenvalue weighted by Crippen LogP contribution is 1.82. The Balaban J connectivity index is 3.85. The third kappa shape index (κ3) is 4.16. The van der Waals surface area contributed by atoms with Gasteiger partial charge in [0.15, 0.2) is 0 Å². The van der Waals surface area contributed by atoms with Crippen LogP contribution in [0.5, 0.6) is 0 Å². The van der Waals surface area contributed by atoms with Gasteiger partial charge in [-0.05, 0) is 0 Å². The summed E-state index contributed by atoms with van der Waals surface area (Å²) in [6, 6.07) is 0. The van der Waals surface area contributed by atoms with Crippen LogP contribution >= 0.6 is 10.7 Å². The molecule has 0 atom stereocenters. The lowest BCUT2D eigenvalue weighted by atomic mass is 13.0. The maximum atomic E-state index is 9.53. The topological polar surface area (TPSA) is 72.2 Å². The van der Waals surface area contributed by atoms with Crippen LogP contribution in [0.1, 0.15) is 0 Å². The second kappa shape index (κ2) is 1.74. The second-order valence-electron chi connectivity index (χ2n) is 0.556. The largest absolute Gasteiger partial charge is 0.309 e.